The van der Waals surface area contributed by atoms with Gasteiger partial charge >= 0.3 is 11.9 Å². The van der Waals surface area contributed by atoms with Gasteiger partial charge in [0.05, 0.1) is 18.9 Å². The summed E-state index contributed by atoms with van der Waals surface area (Å²) in [6.45, 7) is 1.70. The van der Waals surface area contributed by atoms with Gasteiger partial charge in [-0.15, -0.1) is 0 Å². The predicted octanol–water partition coefficient (Wildman–Crippen LogP) is -0.573. The van der Waals surface area contributed by atoms with E-state index in [9.17, 15) is 18.0 Å². The van der Waals surface area contributed by atoms with Crippen LogP contribution in [0, 0.1) is 11.8 Å². The Bertz CT molecular complexity index is 456. The number of carboxylic acid groups (broad SMARTS) is 1. The van der Waals surface area contributed by atoms with E-state index in [4.69, 9.17) is 5.11 Å². The smallest absolute Gasteiger partial charge is 0.308 e. The lowest BCUT2D eigenvalue weighted by atomic mass is 9.99. The average molecular weight is 308 g/mol. The van der Waals surface area contributed by atoms with Crippen molar-refractivity contribution in [2.45, 2.75) is 19.8 Å². The van der Waals surface area contributed by atoms with Gasteiger partial charge in [-0.2, -0.15) is 12.7 Å². The van der Waals surface area contributed by atoms with E-state index in [1.165, 1.54) is 18.3 Å². The van der Waals surface area contributed by atoms with Crippen LogP contribution in [0.3, 0.4) is 0 Å². The third kappa shape index (κ3) is 4.43. The summed E-state index contributed by atoms with van der Waals surface area (Å²) < 4.78 is 32.0. The zero-order valence-electron chi connectivity index (χ0n) is 11.5. The van der Waals surface area contributed by atoms with Crippen LogP contribution in [0.2, 0.25) is 0 Å². The Morgan fingerprint density at radius 1 is 1.40 bits per heavy atom. The van der Waals surface area contributed by atoms with Crippen LogP contribution in [-0.2, 0) is 24.5 Å². The minimum atomic E-state index is -3.70. The highest BCUT2D eigenvalue weighted by Gasteiger charge is 2.31. The molecule has 0 aliphatic carbocycles. The monoisotopic (exact) mass is 308 g/mol. The molecule has 1 atom stereocenters. The van der Waals surface area contributed by atoms with Gasteiger partial charge in [0.25, 0.3) is 10.2 Å². The van der Waals surface area contributed by atoms with Crippen LogP contribution in [0.1, 0.15) is 19.8 Å². The van der Waals surface area contributed by atoms with Crippen molar-refractivity contribution in [1.82, 2.24) is 9.03 Å². The summed E-state index contributed by atoms with van der Waals surface area (Å²) in [6.07, 6.45) is 0.810. The lowest BCUT2D eigenvalue weighted by Gasteiger charge is -2.30. The second-order valence-electron chi connectivity index (χ2n) is 4.79. The SMILES string of the molecule is COC(=O)C1CCN(S(=O)(=O)NCC(C)C(=O)O)CC1. The number of hydrogen-bond acceptors (Lipinski definition) is 5. The van der Waals surface area contributed by atoms with Gasteiger partial charge in [0.15, 0.2) is 0 Å². The van der Waals surface area contributed by atoms with Crippen LogP contribution < -0.4 is 4.72 Å². The molecule has 0 aromatic rings. The van der Waals surface area contributed by atoms with Gasteiger partial charge in [-0.3, -0.25) is 9.59 Å². The lowest BCUT2D eigenvalue weighted by molar-refractivity contribution is -0.146. The summed E-state index contributed by atoms with van der Waals surface area (Å²) in [5, 5.41) is 8.71. The quantitative estimate of drug-likeness (QED) is 0.635. The first-order chi connectivity index (χ1) is 9.27. The number of nitrogens with zero attached hydrogens (tertiary/aromatic N) is 1. The van der Waals surface area contributed by atoms with Crippen molar-refractivity contribution in [3.05, 3.63) is 0 Å². The topological polar surface area (TPSA) is 113 Å². The Morgan fingerprint density at radius 3 is 2.40 bits per heavy atom. The maximum atomic E-state index is 12.0. The zero-order valence-corrected chi connectivity index (χ0v) is 12.4. The molecule has 1 saturated heterocycles. The number of carboxylic acids is 1. The molecule has 0 radical (unpaired) electrons. The van der Waals surface area contributed by atoms with E-state index in [2.05, 4.69) is 9.46 Å². The molecule has 0 bridgehead atoms. The first kappa shape index (κ1) is 16.9. The van der Waals surface area contributed by atoms with Crippen molar-refractivity contribution in [2.75, 3.05) is 26.7 Å². The molecule has 9 heteroatoms. The van der Waals surface area contributed by atoms with E-state index in [0.29, 0.717) is 12.8 Å². The second-order valence-corrected chi connectivity index (χ2v) is 6.54. The molecule has 1 unspecified atom stereocenters. The standard InChI is InChI=1S/C11H20N2O6S/c1-8(10(14)15)7-12-20(17,18)13-5-3-9(4-6-13)11(16)19-2/h8-9,12H,3-7H2,1-2H3,(H,14,15). The number of carbonyl (C=O) groups is 2. The van der Waals surface area contributed by atoms with Gasteiger partial charge in [0.1, 0.15) is 0 Å². The molecule has 2 N–H and O–H groups in total. The highest BCUT2D eigenvalue weighted by atomic mass is 32.2. The summed E-state index contributed by atoms with van der Waals surface area (Å²) in [7, 11) is -2.39. The summed E-state index contributed by atoms with van der Waals surface area (Å²) in [5.74, 6) is -2.45. The number of nitrogens with one attached hydrogen (secondary N) is 1. The van der Waals surface area contributed by atoms with Crippen LogP contribution in [0.15, 0.2) is 0 Å². The van der Waals surface area contributed by atoms with Crippen molar-refractivity contribution >= 4 is 22.1 Å². The Kier molecular flexibility index (Phi) is 5.90. The number of ether oxygens (including phenoxy) is 1. The van der Waals surface area contributed by atoms with Crippen molar-refractivity contribution < 1.29 is 27.9 Å². The Balaban J connectivity index is 2.50. The van der Waals surface area contributed by atoms with Gasteiger partial charge in [0.2, 0.25) is 0 Å². The molecule has 1 aliphatic rings. The van der Waals surface area contributed by atoms with E-state index >= 15 is 0 Å². The van der Waals surface area contributed by atoms with Crippen molar-refractivity contribution in [3.8, 4) is 0 Å². The second kappa shape index (κ2) is 7.00. The third-order valence-corrected chi connectivity index (χ3v) is 4.90. The summed E-state index contributed by atoms with van der Waals surface area (Å²) in [4.78, 5) is 22.0. The molecule has 20 heavy (non-hydrogen) atoms. The molecule has 0 aromatic carbocycles. The summed E-state index contributed by atoms with van der Waals surface area (Å²) >= 11 is 0. The molecule has 8 nitrogen and oxygen atoms in total. The van der Waals surface area contributed by atoms with Crippen LogP contribution in [0.25, 0.3) is 0 Å². The third-order valence-electron chi connectivity index (χ3n) is 3.32. The van der Waals surface area contributed by atoms with Gasteiger partial charge in [-0.25, -0.2) is 4.72 Å². The Morgan fingerprint density at radius 2 is 1.95 bits per heavy atom. The lowest BCUT2D eigenvalue weighted by Crippen LogP contribution is -2.47. The fourth-order valence-electron chi connectivity index (χ4n) is 1.91. The highest BCUT2D eigenvalue weighted by molar-refractivity contribution is 7.87. The number of piperidine rings is 1. The van der Waals surface area contributed by atoms with Gasteiger partial charge in [-0.05, 0) is 12.8 Å². The van der Waals surface area contributed by atoms with Crippen LogP contribution in [0.5, 0.6) is 0 Å². The van der Waals surface area contributed by atoms with Gasteiger partial charge < -0.3 is 9.84 Å². The average Bonchev–Trinajstić information content (AvgIpc) is 2.44. The molecular weight excluding hydrogens is 288 g/mol. The maximum Gasteiger partial charge on any atom is 0.308 e. The predicted molar refractivity (Wildman–Crippen MR) is 70.0 cm³/mol. The van der Waals surface area contributed by atoms with Gasteiger partial charge in [-0.1, -0.05) is 6.92 Å². The van der Waals surface area contributed by atoms with Crippen molar-refractivity contribution in [3.63, 3.8) is 0 Å². The molecule has 0 saturated carbocycles. The van der Waals surface area contributed by atoms with Crippen LogP contribution in [0.4, 0.5) is 0 Å². The first-order valence-corrected chi connectivity index (χ1v) is 7.77. The molecule has 1 rings (SSSR count). The molecule has 116 valence electrons. The molecule has 0 aromatic heterocycles. The molecule has 0 spiro atoms. The van der Waals surface area contributed by atoms with Crippen molar-refractivity contribution in [2.24, 2.45) is 11.8 Å². The molecule has 1 aliphatic heterocycles. The Hall–Kier alpha value is -1.19. The number of hydrogen-bond donors (Lipinski definition) is 2. The minimum absolute atomic E-state index is 0.158. The Labute approximate surface area is 118 Å². The fourth-order valence-corrected chi connectivity index (χ4v) is 3.24. The van der Waals surface area contributed by atoms with Crippen molar-refractivity contribution in [1.29, 1.82) is 0 Å². The number of aliphatic carboxylic acids is 1. The molecule has 1 heterocycles. The first-order valence-electron chi connectivity index (χ1n) is 6.33. The maximum absolute atomic E-state index is 12.0. The number of carbonyl (C=O) groups excluding carboxylic acids is 1. The fraction of sp³-hybridized carbons (Fsp3) is 0.818. The van der Waals surface area contributed by atoms with E-state index in [-0.39, 0.29) is 31.5 Å². The highest BCUT2D eigenvalue weighted by Crippen LogP contribution is 2.20. The number of methoxy groups -OCH3 is 1. The number of esters is 1. The molecule has 1 fully saturated rings. The molecular formula is C11H20N2O6S. The minimum Gasteiger partial charge on any atom is -0.481 e. The molecule has 0 amide bonds. The normalized spacial score (nSPS) is 19.5. The van der Waals surface area contributed by atoms with Crippen LogP contribution >= 0.6 is 0 Å². The van der Waals surface area contributed by atoms with E-state index in [1.54, 1.807) is 0 Å². The number of rotatable bonds is 6. The summed E-state index contributed by atoms with van der Waals surface area (Å²) in [5.41, 5.74) is 0. The van der Waals surface area contributed by atoms with E-state index in [1.807, 2.05) is 0 Å². The van der Waals surface area contributed by atoms with Gasteiger partial charge in [0, 0.05) is 19.6 Å². The summed E-state index contributed by atoms with van der Waals surface area (Å²) in [6, 6.07) is 0. The largest absolute Gasteiger partial charge is 0.481 e. The van der Waals surface area contributed by atoms with E-state index < -0.39 is 22.1 Å². The zero-order chi connectivity index (χ0) is 15.3. The van der Waals surface area contributed by atoms with Crippen LogP contribution in [-0.4, -0.2) is 56.5 Å². The van der Waals surface area contributed by atoms with E-state index in [0.717, 1.165) is 0 Å².